The monoisotopic (exact) mass is 402 g/mol. The molecule has 0 fully saturated rings. The van der Waals surface area contributed by atoms with E-state index in [9.17, 15) is 14.4 Å². The van der Waals surface area contributed by atoms with Gasteiger partial charge in [-0.15, -0.1) is 0 Å². The van der Waals surface area contributed by atoms with Crippen molar-refractivity contribution < 1.29 is 28.6 Å². The maximum absolute atomic E-state index is 12.9. The molecule has 1 amide bonds. The highest BCUT2D eigenvalue weighted by Gasteiger charge is 2.31. The SMILES string of the molecule is CCOC(=O)c1c(C)[nH]c(C(=O)C(=O)NC(C)C)c1-c1ccc(OC)cc1OC. The Bertz CT molecular complexity index is 929. The van der Waals surface area contributed by atoms with Crippen LogP contribution in [0.15, 0.2) is 18.2 Å². The molecule has 156 valence electrons. The van der Waals surface area contributed by atoms with Crippen LogP contribution in [0.1, 0.15) is 47.3 Å². The normalized spacial score (nSPS) is 10.6. The van der Waals surface area contributed by atoms with Crippen molar-refractivity contribution >= 4 is 17.7 Å². The number of esters is 1. The average Bonchev–Trinajstić information content (AvgIpc) is 3.03. The topological polar surface area (TPSA) is 107 Å². The summed E-state index contributed by atoms with van der Waals surface area (Å²) in [6, 6.07) is 4.76. The summed E-state index contributed by atoms with van der Waals surface area (Å²) in [7, 11) is 2.99. The van der Waals surface area contributed by atoms with Crippen LogP contribution in [0.3, 0.4) is 0 Å². The summed E-state index contributed by atoms with van der Waals surface area (Å²) in [6.07, 6.45) is 0. The molecule has 0 unspecified atom stereocenters. The van der Waals surface area contributed by atoms with E-state index in [0.29, 0.717) is 22.8 Å². The number of H-pyrrole nitrogens is 1. The zero-order chi connectivity index (χ0) is 21.7. The van der Waals surface area contributed by atoms with E-state index in [4.69, 9.17) is 14.2 Å². The first-order valence-electron chi connectivity index (χ1n) is 9.22. The van der Waals surface area contributed by atoms with Crippen LogP contribution in [-0.2, 0) is 9.53 Å². The lowest BCUT2D eigenvalue weighted by Gasteiger charge is -2.13. The lowest BCUT2D eigenvalue weighted by atomic mass is 9.97. The Morgan fingerprint density at radius 1 is 1.14 bits per heavy atom. The molecule has 0 radical (unpaired) electrons. The predicted molar refractivity (Wildman–Crippen MR) is 108 cm³/mol. The van der Waals surface area contributed by atoms with E-state index in [-0.39, 0.29) is 29.5 Å². The Morgan fingerprint density at radius 3 is 2.38 bits per heavy atom. The van der Waals surface area contributed by atoms with E-state index in [1.807, 2.05) is 0 Å². The molecule has 2 rings (SSSR count). The van der Waals surface area contributed by atoms with Crippen LogP contribution < -0.4 is 14.8 Å². The maximum atomic E-state index is 12.9. The van der Waals surface area contributed by atoms with Gasteiger partial charge in [0.2, 0.25) is 0 Å². The quantitative estimate of drug-likeness (QED) is 0.399. The Morgan fingerprint density at radius 2 is 1.83 bits per heavy atom. The first-order valence-corrected chi connectivity index (χ1v) is 9.22. The second kappa shape index (κ2) is 9.27. The molecule has 8 nitrogen and oxygen atoms in total. The van der Waals surface area contributed by atoms with Crippen LogP contribution in [0.2, 0.25) is 0 Å². The first-order chi connectivity index (χ1) is 13.7. The number of hydrogen-bond acceptors (Lipinski definition) is 6. The minimum Gasteiger partial charge on any atom is -0.497 e. The fourth-order valence-corrected chi connectivity index (χ4v) is 2.97. The highest BCUT2D eigenvalue weighted by atomic mass is 16.5. The smallest absolute Gasteiger partial charge is 0.340 e. The minimum absolute atomic E-state index is 0.00725. The number of methoxy groups -OCH3 is 2. The molecular formula is C21H26N2O6. The third-order valence-electron chi connectivity index (χ3n) is 4.20. The molecule has 2 N–H and O–H groups in total. The van der Waals surface area contributed by atoms with Gasteiger partial charge in [-0.1, -0.05) is 0 Å². The van der Waals surface area contributed by atoms with Crippen LogP contribution >= 0.6 is 0 Å². The molecule has 0 spiro atoms. The summed E-state index contributed by atoms with van der Waals surface area (Å²) in [5.41, 5.74) is 1.30. The third-order valence-corrected chi connectivity index (χ3v) is 4.20. The molecule has 1 heterocycles. The van der Waals surface area contributed by atoms with Crippen LogP contribution in [0.5, 0.6) is 11.5 Å². The summed E-state index contributed by atoms with van der Waals surface area (Å²) < 4.78 is 15.8. The largest absolute Gasteiger partial charge is 0.497 e. The second-order valence-electron chi connectivity index (χ2n) is 6.62. The molecule has 8 heteroatoms. The number of carbonyl (C=O) groups is 3. The Hall–Kier alpha value is -3.29. The standard InChI is InChI=1S/C21H26N2O6/c1-7-29-21(26)16-12(4)23-18(19(24)20(25)22-11(2)3)17(16)14-9-8-13(27-5)10-15(14)28-6/h8-11,23H,7H2,1-6H3,(H,22,25). The van der Waals surface area contributed by atoms with Crippen LogP contribution in [0, 0.1) is 6.92 Å². The van der Waals surface area contributed by atoms with Gasteiger partial charge in [-0.3, -0.25) is 9.59 Å². The Labute approximate surface area is 169 Å². The van der Waals surface area contributed by atoms with Crippen molar-refractivity contribution in [1.82, 2.24) is 10.3 Å². The highest BCUT2D eigenvalue weighted by Crippen LogP contribution is 2.39. The number of aromatic amines is 1. The van der Waals surface area contributed by atoms with Gasteiger partial charge >= 0.3 is 5.97 Å². The minimum atomic E-state index is -0.787. The summed E-state index contributed by atoms with van der Waals surface area (Å²) in [4.78, 5) is 40.8. The number of carbonyl (C=O) groups excluding carboxylic acids is 3. The molecule has 1 aromatic carbocycles. The van der Waals surface area contributed by atoms with Gasteiger partial charge in [-0.05, 0) is 39.8 Å². The fraction of sp³-hybridized carbons (Fsp3) is 0.381. The van der Waals surface area contributed by atoms with E-state index in [1.165, 1.54) is 14.2 Å². The number of rotatable bonds is 8. The number of aromatic nitrogens is 1. The average molecular weight is 402 g/mol. The van der Waals surface area contributed by atoms with Crippen LogP contribution in [0.25, 0.3) is 11.1 Å². The van der Waals surface area contributed by atoms with Gasteiger partial charge in [0.05, 0.1) is 26.4 Å². The van der Waals surface area contributed by atoms with E-state index < -0.39 is 17.7 Å². The summed E-state index contributed by atoms with van der Waals surface area (Å²) in [6.45, 7) is 7.00. The lowest BCUT2D eigenvalue weighted by molar-refractivity contribution is -0.117. The number of hydrogen-bond donors (Lipinski definition) is 2. The van der Waals surface area contributed by atoms with Gasteiger partial charge in [0.15, 0.2) is 0 Å². The molecule has 29 heavy (non-hydrogen) atoms. The first kappa shape index (κ1) is 22.0. The predicted octanol–water partition coefficient (Wildman–Crippen LogP) is 2.89. The van der Waals surface area contributed by atoms with Gasteiger partial charge in [0, 0.05) is 28.9 Å². The lowest BCUT2D eigenvalue weighted by Crippen LogP contribution is -2.36. The fourth-order valence-electron chi connectivity index (χ4n) is 2.97. The van der Waals surface area contributed by atoms with Gasteiger partial charge < -0.3 is 24.5 Å². The number of aryl methyl sites for hydroxylation is 1. The molecule has 0 saturated carbocycles. The van der Waals surface area contributed by atoms with E-state index in [2.05, 4.69) is 10.3 Å². The van der Waals surface area contributed by atoms with Crippen LogP contribution in [-0.4, -0.2) is 49.5 Å². The van der Waals surface area contributed by atoms with E-state index in [1.54, 1.807) is 45.9 Å². The van der Waals surface area contributed by atoms with Crippen LogP contribution in [0.4, 0.5) is 0 Å². The van der Waals surface area contributed by atoms with Gasteiger partial charge in [0.25, 0.3) is 11.7 Å². The number of ketones is 1. The number of amides is 1. The number of nitrogens with one attached hydrogen (secondary N) is 2. The molecular weight excluding hydrogens is 376 g/mol. The Balaban J connectivity index is 2.75. The van der Waals surface area contributed by atoms with Crippen molar-refractivity contribution in [1.29, 1.82) is 0 Å². The van der Waals surface area contributed by atoms with Gasteiger partial charge in [0.1, 0.15) is 17.2 Å². The van der Waals surface area contributed by atoms with Crippen molar-refractivity contribution in [2.24, 2.45) is 0 Å². The van der Waals surface area contributed by atoms with Crippen molar-refractivity contribution in [2.75, 3.05) is 20.8 Å². The van der Waals surface area contributed by atoms with Crippen molar-refractivity contribution in [3.8, 4) is 22.6 Å². The van der Waals surface area contributed by atoms with E-state index in [0.717, 1.165) is 0 Å². The summed E-state index contributed by atoms with van der Waals surface area (Å²) in [5, 5.41) is 2.57. The summed E-state index contributed by atoms with van der Waals surface area (Å²) in [5.74, 6) is -1.23. The van der Waals surface area contributed by atoms with Gasteiger partial charge in [-0.2, -0.15) is 0 Å². The second-order valence-corrected chi connectivity index (χ2v) is 6.62. The Kier molecular flexibility index (Phi) is 7.03. The summed E-state index contributed by atoms with van der Waals surface area (Å²) >= 11 is 0. The maximum Gasteiger partial charge on any atom is 0.340 e. The van der Waals surface area contributed by atoms with Crippen molar-refractivity contribution in [3.05, 3.63) is 35.2 Å². The molecule has 0 aliphatic rings. The molecule has 2 aromatic rings. The highest BCUT2D eigenvalue weighted by molar-refractivity contribution is 6.44. The molecule has 0 atom stereocenters. The molecule has 0 aliphatic carbocycles. The zero-order valence-electron chi connectivity index (χ0n) is 17.5. The van der Waals surface area contributed by atoms with E-state index >= 15 is 0 Å². The van der Waals surface area contributed by atoms with Crippen molar-refractivity contribution in [3.63, 3.8) is 0 Å². The molecule has 0 aliphatic heterocycles. The van der Waals surface area contributed by atoms with Crippen molar-refractivity contribution in [2.45, 2.75) is 33.7 Å². The van der Waals surface area contributed by atoms with Gasteiger partial charge in [-0.25, -0.2) is 4.79 Å². The zero-order valence-corrected chi connectivity index (χ0v) is 17.5. The number of benzene rings is 1. The number of Topliss-reactive ketones (excluding diaryl/α,β-unsaturated/α-hetero) is 1. The molecule has 1 aromatic heterocycles. The third kappa shape index (κ3) is 4.59. The number of ether oxygens (including phenoxy) is 3. The molecule has 0 saturated heterocycles. The molecule has 0 bridgehead atoms.